The Hall–Kier alpha value is -0.830. The molecule has 1 aromatic carbocycles. The second-order valence-electron chi connectivity index (χ2n) is 4.05. The maximum absolute atomic E-state index is 12.1. The van der Waals surface area contributed by atoms with Crippen molar-refractivity contribution in [3.8, 4) is 5.75 Å². The molecule has 114 valence electrons. The lowest BCUT2D eigenvalue weighted by Crippen LogP contribution is -2.29. The first kappa shape index (κ1) is 17.2. The van der Waals surface area contributed by atoms with Gasteiger partial charge < -0.3 is 19.9 Å². The van der Waals surface area contributed by atoms with Crippen molar-refractivity contribution in [1.82, 2.24) is 5.32 Å². The molecule has 4 nitrogen and oxygen atoms in total. The van der Waals surface area contributed by atoms with Crippen LogP contribution in [0.4, 0.5) is 13.2 Å². The van der Waals surface area contributed by atoms with Gasteiger partial charge in [-0.2, -0.15) is 0 Å². The number of halogens is 4. The summed E-state index contributed by atoms with van der Waals surface area (Å²) < 4.78 is 45.1. The Kier molecular flexibility index (Phi) is 6.74. The van der Waals surface area contributed by atoms with Gasteiger partial charge in [0.1, 0.15) is 5.75 Å². The Morgan fingerprint density at radius 1 is 1.40 bits per heavy atom. The number of nitrogens with one attached hydrogen (secondary N) is 1. The van der Waals surface area contributed by atoms with Gasteiger partial charge in [0.25, 0.3) is 0 Å². The lowest BCUT2D eigenvalue weighted by molar-refractivity contribution is -0.274. The molecule has 0 radical (unpaired) electrons. The second-order valence-corrected chi connectivity index (χ2v) is 4.91. The van der Waals surface area contributed by atoms with E-state index in [0.29, 0.717) is 13.1 Å². The van der Waals surface area contributed by atoms with Crippen LogP contribution in [0.15, 0.2) is 22.7 Å². The van der Waals surface area contributed by atoms with Gasteiger partial charge in [-0.25, -0.2) is 0 Å². The molecule has 0 fully saturated rings. The van der Waals surface area contributed by atoms with Crippen molar-refractivity contribution in [3.63, 3.8) is 0 Å². The van der Waals surface area contributed by atoms with E-state index in [9.17, 15) is 18.3 Å². The molecule has 0 saturated carbocycles. The molecule has 0 spiro atoms. The predicted octanol–water partition coefficient (Wildman–Crippen LogP) is 2.44. The van der Waals surface area contributed by atoms with E-state index >= 15 is 0 Å². The van der Waals surface area contributed by atoms with Crippen LogP contribution in [0.5, 0.6) is 5.75 Å². The molecule has 0 bridgehead atoms. The highest BCUT2D eigenvalue weighted by atomic mass is 79.9. The van der Waals surface area contributed by atoms with Crippen LogP contribution >= 0.6 is 15.9 Å². The summed E-state index contributed by atoms with van der Waals surface area (Å²) in [6, 6.07) is 4.28. The Balaban J connectivity index is 2.51. The molecule has 0 aliphatic carbocycles. The Labute approximate surface area is 123 Å². The summed E-state index contributed by atoms with van der Waals surface area (Å²) in [6.07, 6.45) is -5.34. The highest BCUT2D eigenvalue weighted by Crippen LogP contribution is 2.30. The van der Waals surface area contributed by atoms with Crippen LogP contribution < -0.4 is 10.1 Å². The fourth-order valence-electron chi connectivity index (χ4n) is 1.50. The minimum absolute atomic E-state index is 0.214. The number of methoxy groups -OCH3 is 1. The van der Waals surface area contributed by atoms with E-state index in [0.717, 1.165) is 5.56 Å². The number of aliphatic hydroxyl groups excluding tert-OH is 1. The van der Waals surface area contributed by atoms with Crippen molar-refractivity contribution >= 4 is 15.9 Å². The van der Waals surface area contributed by atoms with E-state index in [1.807, 2.05) is 0 Å². The highest BCUT2D eigenvalue weighted by molar-refractivity contribution is 9.10. The second kappa shape index (κ2) is 7.82. The number of hydrogen-bond acceptors (Lipinski definition) is 4. The zero-order valence-corrected chi connectivity index (χ0v) is 12.3. The average molecular weight is 358 g/mol. The number of alkyl halides is 3. The lowest BCUT2D eigenvalue weighted by atomic mass is 10.2. The van der Waals surface area contributed by atoms with Gasteiger partial charge in [-0.15, -0.1) is 13.2 Å². The first-order chi connectivity index (χ1) is 9.31. The van der Waals surface area contributed by atoms with Gasteiger partial charge in [-0.3, -0.25) is 0 Å². The third-order valence-electron chi connectivity index (χ3n) is 2.29. The molecular formula is C12H15BrF3NO3. The summed E-state index contributed by atoms with van der Waals surface area (Å²) in [6.45, 7) is 0.951. The minimum atomic E-state index is -4.72. The van der Waals surface area contributed by atoms with Crippen molar-refractivity contribution in [2.24, 2.45) is 0 Å². The standard InChI is InChI=1S/C12H15BrF3NO3/c1-19-7-9(18)6-17-5-8-2-3-11(10(13)4-8)20-12(14,15)16/h2-4,9,17-18H,5-7H2,1H3. The van der Waals surface area contributed by atoms with E-state index in [1.54, 1.807) is 0 Å². The molecule has 1 atom stereocenters. The Bertz CT molecular complexity index is 429. The maximum atomic E-state index is 12.1. The molecule has 20 heavy (non-hydrogen) atoms. The van der Waals surface area contributed by atoms with Gasteiger partial charge in [0.2, 0.25) is 0 Å². The molecule has 0 saturated heterocycles. The van der Waals surface area contributed by atoms with Crippen LogP contribution in [0.25, 0.3) is 0 Å². The monoisotopic (exact) mass is 357 g/mol. The van der Waals surface area contributed by atoms with Crippen molar-refractivity contribution in [1.29, 1.82) is 0 Å². The van der Waals surface area contributed by atoms with E-state index < -0.39 is 12.5 Å². The lowest BCUT2D eigenvalue weighted by Gasteiger charge is -2.13. The Morgan fingerprint density at radius 3 is 2.65 bits per heavy atom. The minimum Gasteiger partial charge on any atom is -0.405 e. The van der Waals surface area contributed by atoms with Crippen LogP contribution in [0.1, 0.15) is 5.56 Å². The first-order valence-electron chi connectivity index (χ1n) is 5.73. The van der Waals surface area contributed by atoms with Crippen molar-refractivity contribution < 1.29 is 27.8 Å². The van der Waals surface area contributed by atoms with Crippen molar-refractivity contribution in [2.75, 3.05) is 20.3 Å². The molecule has 1 aromatic rings. The summed E-state index contributed by atoms with van der Waals surface area (Å²) in [5, 5.41) is 12.4. The SMILES string of the molecule is COCC(O)CNCc1ccc(OC(F)(F)F)c(Br)c1. The molecular weight excluding hydrogens is 343 g/mol. The first-order valence-corrected chi connectivity index (χ1v) is 6.53. The van der Waals surface area contributed by atoms with Crippen molar-refractivity contribution in [2.45, 2.75) is 19.0 Å². The molecule has 0 heterocycles. The van der Waals surface area contributed by atoms with Gasteiger partial charge in [-0.05, 0) is 33.6 Å². The number of aliphatic hydroxyl groups is 1. The fraction of sp³-hybridized carbons (Fsp3) is 0.500. The van der Waals surface area contributed by atoms with E-state index in [2.05, 4.69) is 26.0 Å². The number of ether oxygens (including phenoxy) is 2. The Morgan fingerprint density at radius 2 is 2.10 bits per heavy atom. The maximum Gasteiger partial charge on any atom is 0.573 e. The molecule has 2 N–H and O–H groups in total. The summed E-state index contributed by atoms with van der Waals surface area (Å²) in [4.78, 5) is 0. The zero-order valence-electron chi connectivity index (χ0n) is 10.7. The number of rotatable bonds is 7. The summed E-state index contributed by atoms with van der Waals surface area (Å²) >= 11 is 3.02. The average Bonchev–Trinajstić information content (AvgIpc) is 2.31. The molecule has 0 aliphatic rings. The smallest absolute Gasteiger partial charge is 0.405 e. The van der Waals surface area contributed by atoms with E-state index in [1.165, 1.54) is 25.3 Å². The summed E-state index contributed by atoms with van der Waals surface area (Å²) in [7, 11) is 1.49. The number of benzene rings is 1. The number of hydrogen-bond donors (Lipinski definition) is 2. The molecule has 0 amide bonds. The van der Waals surface area contributed by atoms with Gasteiger partial charge in [0.15, 0.2) is 0 Å². The topological polar surface area (TPSA) is 50.7 Å². The summed E-state index contributed by atoms with van der Waals surface area (Å²) in [5.41, 5.74) is 0.760. The molecule has 8 heteroatoms. The van der Waals surface area contributed by atoms with Gasteiger partial charge in [0.05, 0.1) is 17.2 Å². The van der Waals surface area contributed by atoms with Gasteiger partial charge in [0, 0.05) is 20.2 Å². The third kappa shape index (κ3) is 6.56. The molecule has 0 aliphatic heterocycles. The van der Waals surface area contributed by atoms with Crippen LogP contribution in [-0.2, 0) is 11.3 Å². The van der Waals surface area contributed by atoms with Crippen LogP contribution in [0, 0.1) is 0 Å². The van der Waals surface area contributed by atoms with E-state index in [-0.39, 0.29) is 16.8 Å². The zero-order chi connectivity index (χ0) is 15.2. The summed E-state index contributed by atoms with van der Waals surface area (Å²) in [5.74, 6) is -0.291. The van der Waals surface area contributed by atoms with Gasteiger partial charge in [-0.1, -0.05) is 6.07 Å². The fourth-order valence-corrected chi connectivity index (χ4v) is 2.00. The van der Waals surface area contributed by atoms with Gasteiger partial charge >= 0.3 is 6.36 Å². The van der Waals surface area contributed by atoms with E-state index in [4.69, 9.17) is 4.74 Å². The van der Waals surface area contributed by atoms with Crippen LogP contribution in [0.2, 0.25) is 0 Å². The quantitative estimate of drug-likeness (QED) is 0.786. The van der Waals surface area contributed by atoms with Crippen molar-refractivity contribution in [3.05, 3.63) is 28.2 Å². The molecule has 1 unspecified atom stereocenters. The third-order valence-corrected chi connectivity index (χ3v) is 2.91. The normalized spacial score (nSPS) is 13.3. The predicted molar refractivity (Wildman–Crippen MR) is 70.4 cm³/mol. The van der Waals surface area contributed by atoms with Crippen LogP contribution in [0.3, 0.4) is 0 Å². The highest BCUT2D eigenvalue weighted by Gasteiger charge is 2.31. The van der Waals surface area contributed by atoms with Crippen LogP contribution in [-0.4, -0.2) is 37.8 Å². The molecule has 0 aromatic heterocycles. The largest absolute Gasteiger partial charge is 0.573 e. The molecule has 1 rings (SSSR count).